The summed E-state index contributed by atoms with van der Waals surface area (Å²) in [5.74, 6) is -0.0932. The quantitative estimate of drug-likeness (QED) is 0.682. The van der Waals surface area contributed by atoms with Gasteiger partial charge in [-0.05, 0) is 55.3 Å². The van der Waals surface area contributed by atoms with Crippen LogP contribution >= 0.6 is 0 Å². The molecule has 0 aromatic heterocycles. The molecule has 0 spiro atoms. The molecule has 1 radical (unpaired) electrons. The number of nitrogens with one attached hydrogen (secondary N) is 2. The lowest BCUT2D eigenvalue weighted by Gasteiger charge is -2.21. The first-order valence-electron chi connectivity index (χ1n) is 9.51. The summed E-state index contributed by atoms with van der Waals surface area (Å²) in [4.78, 5) is 26.8. The Kier molecular flexibility index (Phi) is 5.24. The van der Waals surface area contributed by atoms with Crippen molar-refractivity contribution in [3.8, 4) is 0 Å². The molecule has 0 bridgehead atoms. The molecule has 2 N–H and O–H groups in total. The van der Waals surface area contributed by atoms with Crippen molar-refractivity contribution in [1.29, 1.82) is 0 Å². The van der Waals surface area contributed by atoms with Gasteiger partial charge in [0.25, 0.3) is 5.91 Å². The number of carbonyl (C=O) groups is 2. The highest BCUT2D eigenvalue weighted by Gasteiger charge is 2.30. The number of carbonyl (C=O) groups excluding carboxylic acids is 2. The van der Waals surface area contributed by atoms with Crippen LogP contribution in [0.5, 0.6) is 0 Å². The van der Waals surface area contributed by atoms with Crippen LogP contribution in [-0.2, 0) is 6.18 Å². The second kappa shape index (κ2) is 7.85. The molecule has 2 aliphatic rings. The highest BCUT2D eigenvalue weighted by atomic mass is 19.4. The number of amides is 3. The predicted octanol–water partition coefficient (Wildman–Crippen LogP) is 5.59. The highest BCUT2D eigenvalue weighted by Crippen LogP contribution is 2.37. The molecule has 2 aromatic rings. The molecule has 0 fully saturated rings. The molecule has 1 aliphatic carbocycles. The molecule has 0 atom stereocenters. The van der Waals surface area contributed by atoms with Crippen LogP contribution in [0.3, 0.4) is 0 Å². The van der Waals surface area contributed by atoms with Crippen molar-refractivity contribution in [3.63, 3.8) is 0 Å². The Hall–Kier alpha value is -3.29. The number of likely N-dealkylation sites (tertiary alicyclic amines) is 1. The first kappa shape index (κ1) is 20.0. The van der Waals surface area contributed by atoms with Gasteiger partial charge in [0.2, 0.25) is 0 Å². The topological polar surface area (TPSA) is 61.4 Å². The third-order valence-corrected chi connectivity index (χ3v) is 5.10. The van der Waals surface area contributed by atoms with Crippen LogP contribution in [0.25, 0.3) is 0 Å². The van der Waals surface area contributed by atoms with Crippen molar-refractivity contribution in [2.75, 3.05) is 23.7 Å². The monoisotopic (exact) mass is 418 g/mol. The number of halogens is 3. The van der Waals surface area contributed by atoms with E-state index in [0.717, 1.165) is 25.0 Å². The summed E-state index contributed by atoms with van der Waals surface area (Å²) in [6, 6.07) is 10.1. The predicted molar refractivity (Wildman–Crippen MR) is 111 cm³/mol. The van der Waals surface area contributed by atoms with Gasteiger partial charge in [0.05, 0.1) is 5.56 Å². The Balaban J connectivity index is 0.00000181. The molecule has 0 saturated heterocycles. The number of benzene rings is 2. The van der Waals surface area contributed by atoms with E-state index >= 15 is 0 Å². The molecule has 0 unspecified atom stereocenters. The van der Waals surface area contributed by atoms with Crippen molar-refractivity contribution in [3.05, 3.63) is 77.2 Å². The van der Waals surface area contributed by atoms with Gasteiger partial charge in [0, 0.05) is 39.3 Å². The van der Waals surface area contributed by atoms with E-state index in [1.807, 2.05) is 0 Å². The Labute approximate surface area is 174 Å². The molecule has 8 heteroatoms. The van der Waals surface area contributed by atoms with Crippen LogP contribution in [0.4, 0.5) is 29.3 Å². The van der Waals surface area contributed by atoms with Crippen LogP contribution in [0.2, 0.25) is 0 Å². The minimum absolute atomic E-state index is 0. The summed E-state index contributed by atoms with van der Waals surface area (Å²) >= 11 is 0. The molecule has 3 amide bonds. The van der Waals surface area contributed by atoms with Crippen LogP contribution < -0.4 is 10.6 Å². The van der Waals surface area contributed by atoms with E-state index in [-0.39, 0.29) is 14.4 Å². The fourth-order valence-corrected chi connectivity index (χ4v) is 3.41. The molecule has 0 saturated carbocycles. The summed E-state index contributed by atoms with van der Waals surface area (Å²) in [7, 11) is 0. The molecule has 1 heterocycles. The lowest BCUT2D eigenvalue weighted by atomic mass is 10.1. The summed E-state index contributed by atoms with van der Waals surface area (Å²) < 4.78 is 37.8. The van der Waals surface area contributed by atoms with E-state index in [9.17, 15) is 22.8 Å². The Morgan fingerprint density at radius 1 is 0.900 bits per heavy atom. The zero-order valence-electron chi connectivity index (χ0n) is 15.9. The van der Waals surface area contributed by atoms with E-state index in [4.69, 9.17) is 0 Å². The molecule has 30 heavy (non-hydrogen) atoms. The van der Waals surface area contributed by atoms with E-state index in [0.29, 0.717) is 24.3 Å². The van der Waals surface area contributed by atoms with Gasteiger partial charge in [-0.2, -0.15) is 13.2 Å². The van der Waals surface area contributed by atoms with Crippen molar-refractivity contribution >= 4 is 23.3 Å². The van der Waals surface area contributed by atoms with Crippen molar-refractivity contribution in [2.24, 2.45) is 0 Å². The number of urea groups is 1. The summed E-state index contributed by atoms with van der Waals surface area (Å²) in [6.07, 6.45) is -0.526. The fraction of sp³-hybridized carbons (Fsp3) is 0.227. The van der Waals surface area contributed by atoms with Gasteiger partial charge in [-0.25, -0.2) is 4.79 Å². The fourth-order valence-electron chi connectivity index (χ4n) is 3.41. The summed E-state index contributed by atoms with van der Waals surface area (Å²) in [5, 5.41) is 5.08. The number of hydrogen-bond donors (Lipinski definition) is 2. The van der Waals surface area contributed by atoms with E-state index in [1.54, 1.807) is 29.2 Å². The smallest absolute Gasteiger partial charge is 0.338 e. The van der Waals surface area contributed by atoms with E-state index < -0.39 is 17.8 Å². The zero-order chi connectivity index (χ0) is 21.3. The maximum atomic E-state index is 12.8. The third-order valence-electron chi connectivity index (χ3n) is 5.10. The molecule has 2 aromatic carbocycles. The standard InChI is InChI=1S/C22H19F3N3O2.2H2/c23-22(24,25)17-4-6-18(7-5-17)26-21(30)27-19-3-1-2-16(13-19)20(29)28-10-8-14-12-15(14)9-11-28;;/h1-7,12-13H,8-11H2,(H2,26,27,30);2*1H. The van der Waals surface area contributed by atoms with Crippen LogP contribution in [-0.4, -0.2) is 29.9 Å². The first-order chi connectivity index (χ1) is 14.3. The number of anilines is 2. The summed E-state index contributed by atoms with van der Waals surface area (Å²) in [6.45, 7) is 1.33. The molecule has 159 valence electrons. The number of hydrogen-bond acceptors (Lipinski definition) is 2. The highest BCUT2D eigenvalue weighted by molar-refractivity contribution is 6.01. The van der Waals surface area contributed by atoms with Crippen LogP contribution in [0.15, 0.2) is 59.7 Å². The molecule has 4 rings (SSSR count). The van der Waals surface area contributed by atoms with Gasteiger partial charge >= 0.3 is 12.2 Å². The Morgan fingerprint density at radius 3 is 2.17 bits per heavy atom. The van der Waals surface area contributed by atoms with Crippen LogP contribution in [0.1, 0.15) is 31.6 Å². The Bertz CT molecular complexity index is 1010. The largest absolute Gasteiger partial charge is 0.416 e. The van der Waals surface area contributed by atoms with Gasteiger partial charge < -0.3 is 15.5 Å². The normalized spacial score (nSPS) is 15.9. The molecule has 1 aliphatic heterocycles. The minimum atomic E-state index is -4.43. The van der Waals surface area contributed by atoms with Crippen molar-refractivity contribution < 1.29 is 25.6 Å². The van der Waals surface area contributed by atoms with Gasteiger partial charge in [0.15, 0.2) is 0 Å². The number of alkyl halides is 3. The lowest BCUT2D eigenvalue weighted by molar-refractivity contribution is -0.137. The molecule has 5 nitrogen and oxygen atoms in total. The maximum absolute atomic E-state index is 12.8. The lowest BCUT2D eigenvalue weighted by Crippen LogP contribution is -2.32. The number of nitrogens with zero attached hydrogens (tertiary/aromatic N) is 1. The zero-order valence-corrected chi connectivity index (χ0v) is 15.9. The second-order valence-electron chi connectivity index (χ2n) is 7.22. The van der Waals surface area contributed by atoms with Crippen molar-refractivity contribution in [1.82, 2.24) is 4.90 Å². The van der Waals surface area contributed by atoms with Crippen LogP contribution in [0, 0.1) is 6.42 Å². The molecular formula is C22H23F3N3O2. The first-order valence-corrected chi connectivity index (χ1v) is 9.51. The SMILES string of the molecule is O=C(Nc1ccc(C(F)(F)F)cc1)Nc1cccc(C(=O)N2CCC3=C([CH]3)CC2)c1.[HH].[HH]. The maximum Gasteiger partial charge on any atom is 0.416 e. The van der Waals surface area contributed by atoms with Gasteiger partial charge in [-0.15, -0.1) is 0 Å². The molecular weight excluding hydrogens is 395 g/mol. The second-order valence-corrected chi connectivity index (χ2v) is 7.22. The van der Waals surface area contributed by atoms with Gasteiger partial charge in [-0.3, -0.25) is 4.79 Å². The number of rotatable bonds is 3. The minimum Gasteiger partial charge on any atom is -0.338 e. The summed E-state index contributed by atoms with van der Waals surface area (Å²) in [5.41, 5.74) is 3.01. The average Bonchev–Trinajstić information content (AvgIpc) is 3.47. The van der Waals surface area contributed by atoms with Gasteiger partial charge in [0.1, 0.15) is 0 Å². The average molecular weight is 418 g/mol. The third kappa shape index (κ3) is 4.64. The van der Waals surface area contributed by atoms with E-state index in [2.05, 4.69) is 17.1 Å². The van der Waals surface area contributed by atoms with Gasteiger partial charge in [-0.1, -0.05) is 17.2 Å². The van der Waals surface area contributed by atoms with Crippen molar-refractivity contribution in [2.45, 2.75) is 19.0 Å². The van der Waals surface area contributed by atoms with E-state index in [1.165, 1.54) is 23.3 Å². The Morgan fingerprint density at radius 2 is 1.53 bits per heavy atom.